The number of H-pyrrole nitrogens is 1. The molecule has 13 nitrogen and oxygen atoms in total. The second-order valence-electron chi connectivity index (χ2n) is 9.83. The average Bonchev–Trinajstić information content (AvgIpc) is 3.77. The van der Waals surface area contributed by atoms with Crippen LogP contribution in [-0.4, -0.2) is 56.6 Å². The van der Waals surface area contributed by atoms with Crippen molar-refractivity contribution in [1.82, 2.24) is 35.7 Å². The highest BCUT2D eigenvalue weighted by Crippen LogP contribution is 2.36. The van der Waals surface area contributed by atoms with Crippen LogP contribution in [0.4, 0.5) is 20.8 Å². The lowest BCUT2D eigenvalue weighted by Crippen LogP contribution is -2.52. The lowest BCUT2D eigenvalue weighted by atomic mass is 9.95. The van der Waals surface area contributed by atoms with Gasteiger partial charge in [-0.25, -0.2) is 19.2 Å². The number of hydrogen-bond acceptors (Lipinski definition) is 9. The van der Waals surface area contributed by atoms with Crippen molar-refractivity contribution in [3.63, 3.8) is 0 Å². The molecule has 0 aliphatic carbocycles. The molecular formula is C28H21FN8O5. The highest BCUT2D eigenvalue weighted by molar-refractivity contribution is 6.08. The molecule has 210 valence electrons. The molecule has 1 fully saturated rings. The number of fused-ring (bicyclic) bond motifs is 2. The highest BCUT2D eigenvalue weighted by Gasteiger charge is 2.53. The van der Waals surface area contributed by atoms with Crippen LogP contribution in [-0.2, 0) is 16.9 Å². The summed E-state index contributed by atoms with van der Waals surface area (Å²) in [4.78, 5) is 49.0. The number of furan rings is 1. The number of aromatic amines is 1. The first-order valence-electron chi connectivity index (χ1n) is 12.8. The molecule has 4 amide bonds. The maximum atomic E-state index is 14.9. The Labute approximate surface area is 236 Å². The van der Waals surface area contributed by atoms with Crippen LogP contribution >= 0.6 is 0 Å². The molecule has 5 aromatic rings. The second kappa shape index (κ2) is 9.40. The van der Waals surface area contributed by atoms with Crippen LogP contribution in [0.2, 0.25) is 0 Å². The number of urea groups is 1. The molecule has 1 saturated heterocycles. The molecular weight excluding hydrogens is 547 g/mol. The van der Waals surface area contributed by atoms with Crippen LogP contribution in [0, 0.1) is 5.82 Å². The molecule has 2 aliphatic rings. The van der Waals surface area contributed by atoms with Crippen molar-refractivity contribution in [1.29, 1.82) is 0 Å². The van der Waals surface area contributed by atoms with Crippen LogP contribution in [0.15, 0.2) is 65.5 Å². The zero-order valence-electron chi connectivity index (χ0n) is 21.9. The minimum absolute atomic E-state index is 0.0267. The third-order valence-electron chi connectivity index (χ3n) is 7.29. The number of rotatable bonds is 7. The Balaban J connectivity index is 1.18. The molecule has 0 radical (unpaired) electrons. The predicted octanol–water partition coefficient (Wildman–Crippen LogP) is 3.19. The molecule has 14 heteroatoms. The molecule has 0 bridgehead atoms. The minimum atomic E-state index is -1.77. The number of amides is 4. The fraction of sp³-hybridized carbons (Fsp3) is 0.143. The molecule has 42 heavy (non-hydrogen) atoms. The van der Waals surface area contributed by atoms with E-state index >= 15 is 0 Å². The summed E-state index contributed by atoms with van der Waals surface area (Å²) in [6.45, 7) is -0.281. The lowest BCUT2D eigenvalue weighted by Gasteiger charge is -2.28. The number of pyridine rings is 2. The zero-order valence-corrected chi connectivity index (χ0v) is 21.9. The smallest absolute Gasteiger partial charge is 0.322 e. The maximum Gasteiger partial charge on any atom is 0.322 e. The minimum Gasteiger partial charge on any atom is -0.494 e. The number of ether oxygens (including phenoxy) is 1. The van der Waals surface area contributed by atoms with Gasteiger partial charge in [-0.2, -0.15) is 5.10 Å². The fourth-order valence-electron chi connectivity index (χ4n) is 5.20. The van der Waals surface area contributed by atoms with Gasteiger partial charge >= 0.3 is 6.03 Å². The number of methoxy groups -OCH3 is 1. The number of hydrogen-bond donors (Lipinski definition) is 4. The molecule has 4 N–H and O–H groups in total. The number of aromatic nitrogens is 4. The quantitative estimate of drug-likeness (QED) is 0.216. The Morgan fingerprint density at radius 2 is 1.95 bits per heavy atom. The van der Waals surface area contributed by atoms with Crippen LogP contribution in [0.3, 0.4) is 0 Å². The van der Waals surface area contributed by atoms with Gasteiger partial charge in [-0.15, -0.1) is 0 Å². The summed E-state index contributed by atoms with van der Waals surface area (Å²) in [5.74, 6) is -1.13. The Kier molecular flexibility index (Phi) is 5.64. The highest BCUT2D eigenvalue weighted by atomic mass is 19.1. The molecule has 2 aliphatic heterocycles. The van der Waals surface area contributed by atoms with Gasteiger partial charge in [-0.05, 0) is 35.9 Å². The standard InChI is InChI=1S/C28H21FN8O5/c1-41-19-4-2-15-12-37(25(38)23(15)24(19)29)13-28(26(39)35-27(40)36-28)20-8-17-18(42-20)5-7-22(33-17)34-21-6-3-14(9-30-21)16-10-31-32-11-16/h2-11H,12-13H2,1H3,(H,31,32)(H,30,33,34)(H2,35,36,39,40)/t28-/m0/s1. The first-order chi connectivity index (χ1) is 20.3. The SMILES string of the molecule is COc1ccc2c(c1F)C(=O)N(C[C@@]1(c3cc4nc(Nc5ccc(-c6cn[nH]c6)cn5)ccc4o3)NC(=O)NC1=O)C2. The molecule has 6 heterocycles. The second-order valence-corrected chi connectivity index (χ2v) is 9.83. The maximum absolute atomic E-state index is 14.9. The van der Waals surface area contributed by atoms with Gasteiger partial charge in [-0.1, -0.05) is 6.07 Å². The topological polar surface area (TPSA) is 167 Å². The van der Waals surface area contributed by atoms with Gasteiger partial charge in [0, 0.05) is 36.1 Å². The summed E-state index contributed by atoms with van der Waals surface area (Å²) < 4.78 is 25.9. The largest absolute Gasteiger partial charge is 0.494 e. The van der Waals surface area contributed by atoms with Gasteiger partial charge in [0.1, 0.15) is 22.9 Å². The van der Waals surface area contributed by atoms with E-state index in [1.54, 1.807) is 42.9 Å². The number of halogens is 1. The van der Waals surface area contributed by atoms with E-state index in [1.165, 1.54) is 24.1 Å². The van der Waals surface area contributed by atoms with Crippen LogP contribution in [0.1, 0.15) is 21.7 Å². The van der Waals surface area contributed by atoms with Gasteiger partial charge in [0.05, 0.1) is 25.4 Å². The van der Waals surface area contributed by atoms with Crippen molar-refractivity contribution >= 4 is 40.6 Å². The predicted molar refractivity (Wildman–Crippen MR) is 145 cm³/mol. The van der Waals surface area contributed by atoms with E-state index in [1.807, 2.05) is 6.07 Å². The summed E-state index contributed by atoms with van der Waals surface area (Å²) in [6.07, 6.45) is 5.17. The van der Waals surface area contributed by atoms with Crippen LogP contribution in [0.25, 0.3) is 22.2 Å². The number of nitrogens with zero attached hydrogens (tertiary/aromatic N) is 4. The van der Waals surface area contributed by atoms with Gasteiger partial charge in [0.2, 0.25) is 0 Å². The third-order valence-corrected chi connectivity index (χ3v) is 7.29. The molecule has 0 saturated carbocycles. The van der Waals surface area contributed by atoms with Gasteiger partial charge in [0.15, 0.2) is 22.7 Å². The van der Waals surface area contributed by atoms with E-state index in [9.17, 15) is 18.8 Å². The monoisotopic (exact) mass is 568 g/mol. The van der Waals surface area contributed by atoms with E-state index in [-0.39, 0.29) is 30.2 Å². The third kappa shape index (κ3) is 3.99. The number of carbonyl (C=O) groups is 3. The first-order valence-corrected chi connectivity index (χ1v) is 12.8. The summed E-state index contributed by atoms with van der Waals surface area (Å²) >= 11 is 0. The fourth-order valence-corrected chi connectivity index (χ4v) is 5.20. The van der Waals surface area contributed by atoms with Crippen molar-refractivity contribution in [3.05, 3.63) is 83.8 Å². The number of anilines is 2. The van der Waals surface area contributed by atoms with E-state index in [0.717, 1.165) is 11.1 Å². The normalized spacial score (nSPS) is 17.9. The van der Waals surface area contributed by atoms with E-state index in [4.69, 9.17) is 9.15 Å². The Morgan fingerprint density at radius 1 is 1.10 bits per heavy atom. The molecule has 7 rings (SSSR count). The summed E-state index contributed by atoms with van der Waals surface area (Å²) in [6, 6.07) is 10.8. The zero-order chi connectivity index (χ0) is 29.0. The van der Waals surface area contributed by atoms with E-state index < -0.39 is 29.2 Å². The molecule has 1 atom stereocenters. The van der Waals surface area contributed by atoms with Crippen molar-refractivity contribution in [2.75, 3.05) is 19.0 Å². The van der Waals surface area contributed by atoms with Crippen LogP contribution in [0.5, 0.6) is 5.75 Å². The average molecular weight is 569 g/mol. The Morgan fingerprint density at radius 3 is 2.67 bits per heavy atom. The van der Waals surface area contributed by atoms with Crippen molar-refractivity contribution < 1.29 is 27.9 Å². The number of carbonyl (C=O) groups excluding carboxylic acids is 3. The van der Waals surface area contributed by atoms with Crippen molar-refractivity contribution in [3.8, 4) is 16.9 Å². The molecule has 0 spiro atoms. The number of imide groups is 1. The van der Waals surface area contributed by atoms with Crippen molar-refractivity contribution in [2.45, 2.75) is 12.1 Å². The summed E-state index contributed by atoms with van der Waals surface area (Å²) in [7, 11) is 1.31. The number of nitrogens with one attached hydrogen (secondary N) is 4. The van der Waals surface area contributed by atoms with Gasteiger partial charge in [0.25, 0.3) is 11.8 Å². The summed E-state index contributed by atoms with van der Waals surface area (Å²) in [5, 5.41) is 14.7. The van der Waals surface area contributed by atoms with Crippen molar-refractivity contribution in [2.24, 2.45) is 0 Å². The van der Waals surface area contributed by atoms with Gasteiger partial charge in [-0.3, -0.25) is 20.0 Å². The van der Waals surface area contributed by atoms with Crippen LogP contribution < -0.4 is 20.7 Å². The molecule has 0 unspecified atom stereocenters. The molecule has 4 aromatic heterocycles. The first kappa shape index (κ1) is 25.2. The lowest BCUT2D eigenvalue weighted by molar-refractivity contribution is -0.125. The Bertz CT molecular complexity index is 1890. The van der Waals surface area contributed by atoms with E-state index in [0.29, 0.717) is 28.3 Å². The van der Waals surface area contributed by atoms with Gasteiger partial charge < -0.3 is 24.7 Å². The Hall–Kier alpha value is -5.79. The van der Waals surface area contributed by atoms with E-state index in [2.05, 4.69) is 36.1 Å². The summed E-state index contributed by atoms with van der Waals surface area (Å²) in [5.41, 5.74) is 1.06. The number of benzene rings is 1. The molecule has 1 aromatic carbocycles.